The van der Waals surface area contributed by atoms with Crippen LogP contribution in [-0.2, 0) is 0 Å². The molecule has 2 nitrogen and oxygen atoms in total. The van der Waals surface area contributed by atoms with Gasteiger partial charge < -0.3 is 10.2 Å². The first kappa shape index (κ1) is 12.6. The molecule has 1 atom stereocenters. The minimum atomic E-state index is 0.482. The lowest BCUT2D eigenvalue weighted by molar-refractivity contribution is 0.287. The van der Waals surface area contributed by atoms with Gasteiger partial charge in [0.25, 0.3) is 0 Å². The Labute approximate surface area is 105 Å². The van der Waals surface area contributed by atoms with Gasteiger partial charge in [-0.1, -0.05) is 23.8 Å². The summed E-state index contributed by atoms with van der Waals surface area (Å²) in [6.07, 6.45) is 2.71. The smallest absolute Gasteiger partial charge is 0.0469 e. The first-order valence-corrected chi connectivity index (χ1v) is 6.55. The molecule has 0 amide bonds. The van der Waals surface area contributed by atoms with E-state index < -0.39 is 0 Å². The fraction of sp³-hybridized carbons (Fsp3) is 0.600. The highest BCUT2D eigenvalue weighted by atomic mass is 15.1. The summed E-state index contributed by atoms with van der Waals surface area (Å²) < 4.78 is 0. The van der Waals surface area contributed by atoms with Gasteiger partial charge in [-0.3, -0.25) is 0 Å². The number of hydrogen-bond acceptors (Lipinski definition) is 2. The fourth-order valence-corrected chi connectivity index (χ4v) is 2.26. The quantitative estimate of drug-likeness (QED) is 0.839. The molecule has 1 saturated carbocycles. The summed E-state index contributed by atoms with van der Waals surface area (Å²) in [6.45, 7) is 5.44. The third-order valence-corrected chi connectivity index (χ3v) is 3.59. The van der Waals surface area contributed by atoms with Crippen molar-refractivity contribution in [3.8, 4) is 0 Å². The van der Waals surface area contributed by atoms with Crippen molar-refractivity contribution in [1.29, 1.82) is 0 Å². The molecule has 94 valence electrons. The maximum Gasteiger partial charge on any atom is 0.0469 e. The molecule has 1 aliphatic rings. The van der Waals surface area contributed by atoms with Gasteiger partial charge in [-0.15, -0.1) is 0 Å². The molecule has 1 unspecified atom stereocenters. The Hall–Kier alpha value is -0.860. The standard InChI is InChI=1S/C15H24N2/c1-11-5-6-12(2)14(9-11)15(17(3)4)10-16-13-7-8-13/h5-6,9,13,15-16H,7-8,10H2,1-4H3. The SMILES string of the molecule is Cc1ccc(C)c(C(CNC2CC2)N(C)C)c1. The summed E-state index contributed by atoms with van der Waals surface area (Å²) in [5.74, 6) is 0. The van der Waals surface area contributed by atoms with Gasteiger partial charge in [0, 0.05) is 18.6 Å². The van der Waals surface area contributed by atoms with Crippen molar-refractivity contribution in [3.05, 3.63) is 34.9 Å². The van der Waals surface area contributed by atoms with E-state index in [1.54, 1.807) is 0 Å². The Morgan fingerprint density at radius 3 is 2.59 bits per heavy atom. The molecule has 1 aromatic carbocycles. The van der Waals surface area contributed by atoms with E-state index in [2.05, 4.69) is 56.4 Å². The molecule has 1 fully saturated rings. The number of hydrogen-bond donors (Lipinski definition) is 1. The van der Waals surface area contributed by atoms with Gasteiger partial charge in [0.15, 0.2) is 0 Å². The van der Waals surface area contributed by atoms with E-state index >= 15 is 0 Å². The third-order valence-electron chi connectivity index (χ3n) is 3.59. The summed E-state index contributed by atoms with van der Waals surface area (Å²) in [5, 5.41) is 3.64. The lowest BCUT2D eigenvalue weighted by Crippen LogP contribution is -2.32. The van der Waals surface area contributed by atoms with Crippen LogP contribution >= 0.6 is 0 Å². The predicted molar refractivity (Wildman–Crippen MR) is 73.4 cm³/mol. The molecule has 0 heterocycles. The molecule has 1 N–H and O–H groups in total. The van der Waals surface area contributed by atoms with Crippen molar-refractivity contribution in [3.63, 3.8) is 0 Å². The highest BCUT2D eigenvalue weighted by Crippen LogP contribution is 2.25. The molecule has 2 heteroatoms. The maximum absolute atomic E-state index is 3.64. The second-order valence-electron chi connectivity index (χ2n) is 5.52. The van der Waals surface area contributed by atoms with Crippen LogP contribution in [0.3, 0.4) is 0 Å². The van der Waals surface area contributed by atoms with Crippen LogP contribution in [-0.4, -0.2) is 31.6 Å². The van der Waals surface area contributed by atoms with Crippen LogP contribution in [0.4, 0.5) is 0 Å². The van der Waals surface area contributed by atoms with E-state index in [-0.39, 0.29) is 0 Å². The van der Waals surface area contributed by atoms with E-state index in [1.165, 1.54) is 29.5 Å². The normalized spacial score (nSPS) is 17.5. The maximum atomic E-state index is 3.64. The second-order valence-corrected chi connectivity index (χ2v) is 5.52. The molecule has 1 aliphatic carbocycles. The van der Waals surface area contributed by atoms with Crippen LogP contribution in [0.25, 0.3) is 0 Å². The first-order chi connectivity index (χ1) is 8.08. The zero-order valence-corrected chi connectivity index (χ0v) is 11.5. The predicted octanol–water partition coefficient (Wildman–Crippen LogP) is 2.66. The van der Waals surface area contributed by atoms with Gasteiger partial charge in [-0.2, -0.15) is 0 Å². The minimum Gasteiger partial charge on any atom is -0.312 e. The molecular formula is C15H24N2. The summed E-state index contributed by atoms with van der Waals surface area (Å²) in [5.41, 5.74) is 4.21. The van der Waals surface area contributed by atoms with Crippen LogP contribution in [0.2, 0.25) is 0 Å². The zero-order valence-electron chi connectivity index (χ0n) is 11.5. The second kappa shape index (κ2) is 5.19. The molecule has 0 spiro atoms. The third kappa shape index (κ3) is 3.30. The number of nitrogens with zero attached hydrogens (tertiary/aromatic N) is 1. The Balaban J connectivity index is 2.14. The van der Waals surface area contributed by atoms with Crippen molar-refractivity contribution in [2.24, 2.45) is 0 Å². The number of rotatable bonds is 5. The Kier molecular flexibility index (Phi) is 3.85. The van der Waals surface area contributed by atoms with Crippen LogP contribution in [0.5, 0.6) is 0 Å². The van der Waals surface area contributed by atoms with Crippen LogP contribution in [0, 0.1) is 13.8 Å². The largest absolute Gasteiger partial charge is 0.312 e. The molecule has 0 aliphatic heterocycles. The fourth-order valence-electron chi connectivity index (χ4n) is 2.26. The molecule has 0 bridgehead atoms. The number of likely N-dealkylation sites (N-methyl/N-ethyl adjacent to an activating group) is 1. The van der Waals surface area contributed by atoms with Gasteiger partial charge in [0.05, 0.1) is 0 Å². The minimum absolute atomic E-state index is 0.482. The molecule has 1 aromatic rings. The van der Waals surface area contributed by atoms with E-state index in [1.807, 2.05) is 0 Å². The highest BCUT2D eigenvalue weighted by molar-refractivity contribution is 5.33. The van der Waals surface area contributed by atoms with E-state index in [0.29, 0.717) is 6.04 Å². The van der Waals surface area contributed by atoms with Gasteiger partial charge in [-0.05, 0) is 51.9 Å². The lowest BCUT2D eigenvalue weighted by Gasteiger charge is -2.27. The van der Waals surface area contributed by atoms with Crippen LogP contribution < -0.4 is 5.32 Å². The van der Waals surface area contributed by atoms with Crippen molar-refractivity contribution < 1.29 is 0 Å². The number of benzene rings is 1. The van der Waals surface area contributed by atoms with E-state index in [0.717, 1.165) is 12.6 Å². The summed E-state index contributed by atoms with van der Waals surface area (Å²) in [7, 11) is 4.34. The summed E-state index contributed by atoms with van der Waals surface area (Å²) >= 11 is 0. The van der Waals surface area contributed by atoms with Gasteiger partial charge >= 0.3 is 0 Å². The first-order valence-electron chi connectivity index (χ1n) is 6.55. The summed E-state index contributed by atoms with van der Waals surface area (Å²) in [4.78, 5) is 2.32. The zero-order chi connectivity index (χ0) is 12.4. The Morgan fingerprint density at radius 2 is 2.00 bits per heavy atom. The molecule has 17 heavy (non-hydrogen) atoms. The molecule has 2 rings (SSSR count). The monoisotopic (exact) mass is 232 g/mol. The summed E-state index contributed by atoms with van der Waals surface area (Å²) in [6, 6.07) is 8.02. The van der Waals surface area contributed by atoms with Crippen molar-refractivity contribution in [2.45, 2.75) is 38.8 Å². The molecular weight excluding hydrogens is 208 g/mol. The molecule has 0 radical (unpaired) electrons. The van der Waals surface area contributed by atoms with E-state index in [9.17, 15) is 0 Å². The topological polar surface area (TPSA) is 15.3 Å². The highest BCUT2D eigenvalue weighted by Gasteiger charge is 2.23. The lowest BCUT2D eigenvalue weighted by atomic mass is 9.98. The number of aryl methyl sites for hydroxylation is 2. The van der Waals surface area contributed by atoms with Crippen LogP contribution in [0.1, 0.15) is 35.6 Å². The van der Waals surface area contributed by atoms with Crippen molar-refractivity contribution in [2.75, 3.05) is 20.6 Å². The van der Waals surface area contributed by atoms with Crippen molar-refractivity contribution in [1.82, 2.24) is 10.2 Å². The van der Waals surface area contributed by atoms with Crippen molar-refractivity contribution >= 4 is 0 Å². The average molecular weight is 232 g/mol. The Bertz CT molecular complexity index is 381. The average Bonchev–Trinajstić information content (AvgIpc) is 3.06. The van der Waals surface area contributed by atoms with Crippen LogP contribution in [0.15, 0.2) is 18.2 Å². The van der Waals surface area contributed by atoms with Gasteiger partial charge in [0.2, 0.25) is 0 Å². The number of nitrogens with one attached hydrogen (secondary N) is 1. The molecule has 0 aromatic heterocycles. The van der Waals surface area contributed by atoms with Gasteiger partial charge in [-0.25, -0.2) is 0 Å². The molecule has 0 saturated heterocycles. The van der Waals surface area contributed by atoms with Gasteiger partial charge in [0.1, 0.15) is 0 Å². The van der Waals surface area contributed by atoms with E-state index in [4.69, 9.17) is 0 Å². The Morgan fingerprint density at radius 1 is 1.29 bits per heavy atom.